The Morgan fingerprint density at radius 2 is 1.95 bits per heavy atom. The molecule has 118 valence electrons. The van der Waals surface area contributed by atoms with Crippen LogP contribution in [0.2, 0.25) is 10.0 Å². The van der Waals surface area contributed by atoms with Gasteiger partial charge in [0.1, 0.15) is 4.90 Å². The Bertz CT molecular complexity index is 619. The minimum Gasteiger partial charge on any atom is -0.392 e. The SMILES string of the molecule is CC1CCCCC1NS(=O)(=O)c1cc(Cl)cc(CO)c1Cl. The Morgan fingerprint density at radius 1 is 1.29 bits per heavy atom. The van der Waals surface area contributed by atoms with Gasteiger partial charge in [0.15, 0.2) is 0 Å². The predicted molar refractivity (Wildman–Crippen MR) is 84.1 cm³/mol. The fourth-order valence-corrected chi connectivity index (χ4v) is 4.99. The lowest BCUT2D eigenvalue weighted by atomic mass is 9.87. The van der Waals surface area contributed by atoms with E-state index >= 15 is 0 Å². The lowest BCUT2D eigenvalue weighted by Crippen LogP contribution is -2.41. The van der Waals surface area contributed by atoms with Crippen LogP contribution < -0.4 is 4.72 Å². The summed E-state index contributed by atoms with van der Waals surface area (Å²) >= 11 is 12.0. The predicted octanol–water partition coefficient (Wildman–Crippen LogP) is 3.34. The van der Waals surface area contributed by atoms with Crippen LogP contribution in [0.4, 0.5) is 0 Å². The van der Waals surface area contributed by atoms with E-state index < -0.39 is 10.0 Å². The van der Waals surface area contributed by atoms with Gasteiger partial charge in [-0.3, -0.25) is 0 Å². The van der Waals surface area contributed by atoms with Gasteiger partial charge < -0.3 is 5.11 Å². The number of benzene rings is 1. The molecule has 2 unspecified atom stereocenters. The van der Waals surface area contributed by atoms with Crippen molar-refractivity contribution >= 4 is 33.2 Å². The highest BCUT2D eigenvalue weighted by molar-refractivity contribution is 7.89. The number of hydrogen-bond donors (Lipinski definition) is 2. The maximum atomic E-state index is 12.6. The highest BCUT2D eigenvalue weighted by Gasteiger charge is 2.28. The van der Waals surface area contributed by atoms with Gasteiger partial charge in [-0.05, 0) is 36.5 Å². The number of aliphatic hydroxyl groups is 1. The van der Waals surface area contributed by atoms with E-state index in [1.807, 2.05) is 6.92 Å². The van der Waals surface area contributed by atoms with Gasteiger partial charge in [0.2, 0.25) is 10.0 Å². The van der Waals surface area contributed by atoms with Crippen LogP contribution in [0.15, 0.2) is 17.0 Å². The Morgan fingerprint density at radius 3 is 2.57 bits per heavy atom. The molecule has 21 heavy (non-hydrogen) atoms. The summed E-state index contributed by atoms with van der Waals surface area (Å²) in [5.74, 6) is 0.295. The molecule has 0 bridgehead atoms. The van der Waals surface area contributed by atoms with Crippen LogP contribution in [-0.2, 0) is 16.6 Å². The molecule has 0 heterocycles. The second-order valence-electron chi connectivity index (χ2n) is 5.52. The van der Waals surface area contributed by atoms with Crippen LogP contribution in [0.5, 0.6) is 0 Å². The molecule has 1 aromatic carbocycles. The Hall–Kier alpha value is -0.330. The molecule has 0 spiro atoms. The van der Waals surface area contributed by atoms with Crippen molar-refractivity contribution in [1.82, 2.24) is 4.72 Å². The van der Waals surface area contributed by atoms with E-state index in [1.165, 1.54) is 12.1 Å². The van der Waals surface area contributed by atoms with E-state index in [9.17, 15) is 13.5 Å². The fourth-order valence-electron chi connectivity index (χ4n) is 2.68. The summed E-state index contributed by atoms with van der Waals surface area (Å²) in [6.45, 7) is 1.69. The summed E-state index contributed by atoms with van der Waals surface area (Å²) in [7, 11) is -3.76. The van der Waals surface area contributed by atoms with Crippen LogP contribution in [0.25, 0.3) is 0 Å². The molecular weight excluding hydrogens is 333 g/mol. The minimum absolute atomic E-state index is 0.0258. The number of rotatable bonds is 4. The third-order valence-electron chi connectivity index (χ3n) is 3.96. The van der Waals surface area contributed by atoms with Crippen molar-refractivity contribution in [1.29, 1.82) is 0 Å². The van der Waals surface area contributed by atoms with Gasteiger partial charge in [-0.15, -0.1) is 0 Å². The van der Waals surface area contributed by atoms with Crippen molar-refractivity contribution in [2.24, 2.45) is 5.92 Å². The van der Waals surface area contributed by atoms with Crippen LogP contribution in [0.3, 0.4) is 0 Å². The standard InChI is InChI=1S/C14H19Cl2NO3S/c1-9-4-2-3-5-12(9)17-21(19,20)13-7-11(15)6-10(8-18)14(13)16/h6-7,9,12,17-18H,2-5,8H2,1H3. The normalized spacial score (nSPS) is 23.2. The van der Waals surface area contributed by atoms with Gasteiger partial charge >= 0.3 is 0 Å². The zero-order chi connectivity index (χ0) is 15.6. The molecule has 2 N–H and O–H groups in total. The summed E-state index contributed by atoms with van der Waals surface area (Å²) in [5.41, 5.74) is 0.307. The van der Waals surface area contributed by atoms with E-state index in [2.05, 4.69) is 4.72 Å². The van der Waals surface area contributed by atoms with E-state index in [-0.39, 0.29) is 27.6 Å². The van der Waals surface area contributed by atoms with Crippen molar-refractivity contribution in [3.8, 4) is 0 Å². The molecule has 0 radical (unpaired) electrons. The van der Waals surface area contributed by atoms with E-state index in [4.69, 9.17) is 23.2 Å². The maximum absolute atomic E-state index is 12.6. The van der Waals surface area contributed by atoms with Crippen molar-refractivity contribution in [2.75, 3.05) is 0 Å². The van der Waals surface area contributed by atoms with E-state index in [0.717, 1.165) is 25.7 Å². The second-order valence-corrected chi connectivity index (χ2v) is 8.02. The van der Waals surface area contributed by atoms with Gasteiger partial charge in [-0.25, -0.2) is 13.1 Å². The Labute approximate surface area is 135 Å². The first-order valence-electron chi connectivity index (χ1n) is 6.96. The summed E-state index contributed by atoms with van der Waals surface area (Å²) in [4.78, 5) is -0.0708. The average Bonchev–Trinajstić information content (AvgIpc) is 2.43. The molecule has 0 saturated heterocycles. The summed E-state index contributed by atoms with van der Waals surface area (Å²) < 4.78 is 27.8. The minimum atomic E-state index is -3.76. The quantitative estimate of drug-likeness (QED) is 0.873. The molecule has 4 nitrogen and oxygen atoms in total. The third kappa shape index (κ3) is 3.90. The molecule has 2 rings (SSSR count). The molecule has 1 aliphatic carbocycles. The highest BCUT2D eigenvalue weighted by Crippen LogP contribution is 2.31. The van der Waals surface area contributed by atoms with Gasteiger partial charge in [-0.2, -0.15) is 0 Å². The number of sulfonamides is 1. The molecule has 1 aliphatic rings. The first kappa shape index (κ1) is 17.0. The molecular formula is C14H19Cl2NO3S. The largest absolute Gasteiger partial charge is 0.392 e. The Kier molecular flexibility index (Phi) is 5.54. The first-order valence-corrected chi connectivity index (χ1v) is 9.20. The number of nitrogens with one attached hydrogen (secondary N) is 1. The number of halogens is 2. The molecule has 0 aliphatic heterocycles. The summed E-state index contributed by atoms with van der Waals surface area (Å²) in [6.07, 6.45) is 3.98. The highest BCUT2D eigenvalue weighted by atomic mass is 35.5. The topological polar surface area (TPSA) is 66.4 Å². The lowest BCUT2D eigenvalue weighted by Gasteiger charge is -2.29. The molecule has 1 fully saturated rings. The molecule has 1 saturated carbocycles. The van der Waals surface area contributed by atoms with E-state index in [1.54, 1.807) is 0 Å². The van der Waals surface area contributed by atoms with Crippen molar-refractivity contribution < 1.29 is 13.5 Å². The molecule has 2 atom stereocenters. The number of hydrogen-bond acceptors (Lipinski definition) is 3. The van der Waals surface area contributed by atoms with Gasteiger partial charge in [0, 0.05) is 11.1 Å². The van der Waals surface area contributed by atoms with Crippen LogP contribution >= 0.6 is 23.2 Å². The lowest BCUT2D eigenvalue weighted by molar-refractivity contribution is 0.281. The van der Waals surface area contributed by atoms with Crippen molar-refractivity contribution in [3.63, 3.8) is 0 Å². The monoisotopic (exact) mass is 351 g/mol. The zero-order valence-electron chi connectivity index (χ0n) is 11.8. The first-order chi connectivity index (χ1) is 9.85. The van der Waals surface area contributed by atoms with E-state index in [0.29, 0.717) is 11.5 Å². The van der Waals surface area contributed by atoms with Crippen molar-refractivity contribution in [3.05, 3.63) is 27.7 Å². The van der Waals surface area contributed by atoms with Crippen LogP contribution in [-0.4, -0.2) is 19.6 Å². The zero-order valence-corrected chi connectivity index (χ0v) is 14.1. The number of aliphatic hydroxyl groups excluding tert-OH is 1. The van der Waals surface area contributed by atoms with Crippen LogP contribution in [0.1, 0.15) is 38.2 Å². The smallest absolute Gasteiger partial charge is 0.242 e. The van der Waals surface area contributed by atoms with Crippen LogP contribution in [0, 0.1) is 5.92 Å². The Balaban J connectivity index is 2.33. The second kappa shape index (κ2) is 6.84. The average molecular weight is 352 g/mol. The molecule has 0 amide bonds. The maximum Gasteiger partial charge on any atom is 0.242 e. The molecule has 1 aromatic rings. The molecule has 0 aromatic heterocycles. The third-order valence-corrected chi connectivity index (χ3v) is 6.25. The fraction of sp³-hybridized carbons (Fsp3) is 0.571. The van der Waals surface area contributed by atoms with Gasteiger partial charge in [0.05, 0.1) is 11.6 Å². The van der Waals surface area contributed by atoms with Gasteiger partial charge in [0.25, 0.3) is 0 Å². The summed E-state index contributed by atoms with van der Waals surface area (Å²) in [5, 5.41) is 9.50. The molecule has 7 heteroatoms. The van der Waals surface area contributed by atoms with Crippen molar-refractivity contribution in [2.45, 2.75) is 50.2 Å². The summed E-state index contributed by atoms with van der Waals surface area (Å²) in [6, 6.07) is 2.70. The van der Waals surface area contributed by atoms with Gasteiger partial charge in [-0.1, -0.05) is 43.0 Å².